The number of ether oxygens (including phenoxy) is 2. The maximum absolute atomic E-state index is 13.9. The Labute approximate surface area is 285 Å². The lowest BCUT2D eigenvalue weighted by Gasteiger charge is -2.22. The van der Waals surface area contributed by atoms with E-state index in [0.29, 0.717) is 35.4 Å². The highest BCUT2D eigenvalue weighted by Gasteiger charge is 2.34. The van der Waals surface area contributed by atoms with Gasteiger partial charge in [0.1, 0.15) is 16.9 Å². The smallest absolute Gasteiger partial charge is 0.416 e. The topological polar surface area (TPSA) is 123 Å². The molecule has 4 rings (SSSR count). The number of rotatable bonds is 13. The fourth-order valence-corrected chi connectivity index (χ4v) is 5.62. The average molecular weight is 697 g/mol. The van der Waals surface area contributed by atoms with Crippen molar-refractivity contribution in [3.63, 3.8) is 0 Å². The van der Waals surface area contributed by atoms with Gasteiger partial charge in [0.25, 0.3) is 0 Å². The zero-order chi connectivity index (χ0) is 35.9. The summed E-state index contributed by atoms with van der Waals surface area (Å²) in [5.41, 5.74) is -1.32. The highest BCUT2D eigenvalue weighted by molar-refractivity contribution is 7.81. The molecule has 0 saturated heterocycles. The van der Waals surface area contributed by atoms with E-state index in [1.807, 2.05) is 6.92 Å². The molecule has 1 heterocycles. The van der Waals surface area contributed by atoms with Gasteiger partial charge in [-0.25, -0.2) is 4.79 Å². The molecule has 49 heavy (non-hydrogen) atoms. The summed E-state index contributed by atoms with van der Waals surface area (Å²) in [5.74, 6) is -2.80. The number of carbonyl (C=O) groups is 2. The van der Waals surface area contributed by atoms with Crippen LogP contribution < -0.4 is 20.8 Å². The van der Waals surface area contributed by atoms with Crippen LogP contribution in [0, 0.1) is 0 Å². The normalized spacial score (nSPS) is 14.2. The van der Waals surface area contributed by atoms with Crippen molar-refractivity contribution in [3.05, 3.63) is 115 Å². The Kier molecular flexibility index (Phi) is 12.1. The molecule has 8 nitrogen and oxygen atoms in total. The van der Waals surface area contributed by atoms with Crippen LogP contribution in [-0.2, 0) is 17.3 Å². The molecular formula is C37H35F3O8S. The first-order valence-corrected chi connectivity index (χ1v) is 15.9. The summed E-state index contributed by atoms with van der Waals surface area (Å²) in [6, 6.07) is 7.21. The number of alkyl halides is 3. The molecule has 0 saturated carbocycles. The minimum atomic E-state index is -4.69. The van der Waals surface area contributed by atoms with Crippen molar-refractivity contribution in [2.24, 2.45) is 0 Å². The molecule has 0 aliphatic heterocycles. The molecule has 2 aromatic carbocycles. The van der Waals surface area contributed by atoms with Gasteiger partial charge in [0, 0.05) is 22.8 Å². The van der Waals surface area contributed by atoms with Crippen LogP contribution in [0.1, 0.15) is 88.3 Å². The number of Topliss-reactive ketones (excluding diaryl/α,β-unsaturated/α-hetero) is 1. The van der Waals surface area contributed by atoms with Crippen LogP contribution in [0.15, 0.2) is 69.9 Å². The van der Waals surface area contributed by atoms with E-state index in [1.54, 1.807) is 18.2 Å². The number of hydrogen-bond donors (Lipinski definition) is 2. The molecule has 0 radical (unpaired) electrons. The van der Waals surface area contributed by atoms with Crippen molar-refractivity contribution in [1.82, 2.24) is 0 Å². The van der Waals surface area contributed by atoms with Gasteiger partial charge in [-0.05, 0) is 55.7 Å². The van der Waals surface area contributed by atoms with E-state index in [0.717, 1.165) is 25.3 Å². The number of fused-ring (bicyclic) bond motifs is 1. The maximum Gasteiger partial charge on any atom is 0.416 e. The molecule has 0 bridgehead atoms. The van der Waals surface area contributed by atoms with Crippen molar-refractivity contribution in [1.29, 1.82) is 0 Å². The minimum absolute atomic E-state index is 0.0351. The SMILES string of the molecule is CCCc1c(OCC/C=C\C=C\[C@@H](c2c(C(=O)OC)oc3c(c2=O)=CCC(=S)C=3)[C@@H](O)c2cccc(C(F)(F)F)c2)ccc(C(C)=O)c1O. The van der Waals surface area contributed by atoms with E-state index in [1.165, 1.54) is 43.4 Å². The summed E-state index contributed by atoms with van der Waals surface area (Å²) < 4.78 is 57.2. The summed E-state index contributed by atoms with van der Waals surface area (Å²) in [4.78, 5) is 39.1. The number of benzene rings is 2. The number of esters is 1. The molecule has 0 amide bonds. The van der Waals surface area contributed by atoms with Crippen molar-refractivity contribution >= 4 is 41.0 Å². The van der Waals surface area contributed by atoms with Crippen molar-refractivity contribution in [3.8, 4) is 11.5 Å². The monoisotopic (exact) mass is 696 g/mol. The average Bonchev–Trinajstić information content (AvgIpc) is 3.06. The van der Waals surface area contributed by atoms with Crippen LogP contribution in [0.3, 0.4) is 0 Å². The number of aliphatic hydroxyl groups excluding tert-OH is 1. The van der Waals surface area contributed by atoms with Crippen LogP contribution in [-0.4, -0.2) is 40.5 Å². The third-order valence-electron chi connectivity index (χ3n) is 7.84. The van der Waals surface area contributed by atoms with Gasteiger partial charge < -0.3 is 24.1 Å². The molecule has 0 spiro atoms. The number of methoxy groups -OCH3 is 1. The quantitative estimate of drug-likeness (QED) is 0.0724. The van der Waals surface area contributed by atoms with E-state index in [9.17, 15) is 37.8 Å². The van der Waals surface area contributed by atoms with Gasteiger partial charge in [-0.2, -0.15) is 13.2 Å². The van der Waals surface area contributed by atoms with E-state index in [2.05, 4.69) is 0 Å². The zero-order valence-electron chi connectivity index (χ0n) is 27.0. The van der Waals surface area contributed by atoms with Crippen LogP contribution in [0.5, 0.6) is 11.5 Å². The van der Waals surface area contributed by atoms with Crippen molar-refractivity contribution in [2.75, 3.05) is 13.7 Å². The first-order valence-electron chi connectivity index (χ1n) is 15.5. The standard InChI is InChI=1S/C37H35F3O8S/c1-4-10-26-29(17-16-25(21(2)41)33(26)43)47-18-8-6-5-7-13-28(32(42)22-11-9-12-23(19-22)37(38,39)40)31-34(44)27-15-14-24(49)20-30(27)48-35(31)36(45)46-3/h5-7,9,11-13,15-17,19-20,28,32,42-43H,4,8,10,14,18H2,1-3H3/b6-5-,13-7+/t28-,32-/m0/s1. The fourth-order valence-electron chi connectivity index (χ4n) is 5.43. The summed E-state index contributed by atoms with van der Waals surface area (Å²) in [6.45, 7) is 3.50. The number of hydrogen-bond acceptors (Lipinski definition) is 9. The molecule has 2 N–H and O–H groups in total. The second kappa shape index (κ2) is 16.1. The molecule has 1 aliphatic carbocycles. The van der Waals surface area contributed by atoms with Gasteiger partial charge in [0.2, 0.25) is 5.76 Å². The fraction of sp³-hybridized carbons (Fsp3) is 0.297. The first kappa shape index (κ1) is 37.0. The molecule has 0 unspecified atom stereocenters. The lowest BCUT2D eigenvalue weighted by Crippen LogP contribution is -2.45. The van der Waals surface area contributed by atoms with E-state index in [4.69, 9.17) is 26.1 Å². The number of ketones is 1. The van der Waals surface area contributed by atoms with Gasteiger partial charge in [0.15, 0.2) is 11.2 Å². The van der Waals surface area contributed by atoms with Gasteiger partial charge in [-0.1, -0.05) is 68.1 Å². The molecule has 1 aliphatic rings. The molecule has 1 aromatic heterocycles. The Hall–Kier alpha value is -4.81. The minimum Gasteiger partial charge on any atom is -0.507 e. The van der Waals surface area contributed by atoms with Crippen LogP contribution >= 0.6 is 12.2 Å². The number of thiocarbonyl (C=S) groups is 1. The Morgan fingerprint density at radius 3 is 2.59 bits per heavy atom. The van der Waals surface area contributed by atoms with E-state index < -0.39 is 40.9 Å². The number of phenolic OH excluding ortho intramolecular Hbond substituents is 1. The number of carbonyl (C=O) groups excluding carboxylic acids is 2. The second-order valence-electron chi connectivity index (χ2n) is 11.3. The largest absolute Gasteiger partial charge is 0.507 e. The van der Waals surface area contributed by atoms with Crippen LogP contribution in [0.25, 0.3) is 12.2 Å². The van der Waals surface area contributed by atoms with Crippen molar-refractivity contribution in [2.45, 2.75) is 57.7 Å². The third-order valence-corrected chi connectivity index (χ3v) is 8.12. The molecule has 2 atom stereocenters. The molecule has 0 fully saturated rings. The molecule has 258 valence electrons. The first-order chi connectivity index (χ1) is 23.3. The highest BCUT2D eigenvalue weighted by atomic mass is 32.1. The Balaban J connectivity index is 1.68. The Morgan fingerprint density at radius 1 is 1.16 bits per heavy atom. The molecule has 3 aromatic rings. The summed E-state index contributed by atoms with van der Waals surface area (Å²) in [6.07, 6.45) is 4.61. The van der Waals surface area contributed by atoms with Gasteiger partial charge in [-0.3, -0.25) is 9.59 Å². The number of phenols is 1. The second-order valence-corrected chi connectivity index (χ2v) is 11.8. The van der Waals surface area contributed by atoms with Gasteiger partial charge in [0.05, 0.1) is 41.7 Å². The predicted molar refractivity (Wildman–Crippen MR) is 181 cm³/mol. The highest BCUT2D eigenvalue weighted by Crippen LogP contribution is 2.36. The predicted octanol–water partition coefficient (Wildman–Crippen LogP) is 6.04. The lowest BCUT2D eigenvalue weighted by atomic mass is 9.86. The number of halogens is 3. The zero-order valence-corrected chi connectivity index (χ0v) is 27.8. The van der Waals surface area contributed by atoms with E-state index >= 15 is 0 Å². The maximum atomic E-state index is 13.9. The van der Waals surface area contributed by atoms with E-state index in [-0.39, 0.29) is 51.9 Å². The Bertz CT molecular complexity index is 1990. The molecule has 12 heteroatoms. The van der Waals surface area contributed by atoms with Crippen LogP contribution in [0.4, 0.5) is 13.2 Å². The van der Waals surface area contributed by atoms with Crippen molar-refractivity contribution < 1.29 is 46.9 Å². The number of aromatic hydroxyl groups is 1. The third kappa shape index (κ3) is 8.62. The Morgan fingerprint density at radius 2 is 1.92 bits per heavy atom. The lowest BCUT2D eigenvalue weighted by molar-refractivity contribution is -0.137. The van der Waals surface area contributed by atoms with Gasteiger partial charge in [-0.15, -0.1) is 0 Å². The summed E-state index contributed by atoms with van der Waals surface area (Å²) in [5, 5.41) is 22.2. The number of aliphatic hydroxyl groups is 1. The van der Waals surface area contributed by atoms with Crippen LogP contribution in [0.2, 0.25) is 0 Å². The van der Waals surface area contributed by atoms with Gasteiger partial charge >= 0.3 is 12.1 Å². The number of allylic oxidation sites excluding steroid dienone is 2. The summed E-state index contributed by atoms with van der Waals surface area (Å²) >= 11 is 5.21. The summed E-state index contributed by atoms with van der Waals surface area (Å²) in [7, 11) is 1.08. The molecular weight excluding hydrogens is 661 g/mol.